The topological polar surface area (TPSA) is 26.0 Å². The molecule has 0 radical (unpaired) electrons. The molecule has 19 heavy (non-hydrogen) atoms. The molecule has 0 heterocycles. The molecule has 0 aromatic heterocycles. The van der Waals surface area contributed by atoms with E-state index in [4.69, 9.17) is 5.73 Å². The molecule has 2 N–H and O–H groups in total. The van der Waals surface area contributed by atoms with E-state index in [9.17, 15) is 13.2 Å². The standard InChI is InChI=1S/C15H16F3N/c16-15(17,18)8-7-14(19)10-11-5-6-12-3-1-2-4-13(12)9-11/h1-6,9,14H,7-8,10,19H2. The van der Waals surface area contributed by atoms with Crippen LogP contribution in [-0.2, 0) is 6.42 Å². The number of rotatable bonds is 4. The van der Waals surface area contributed by atoms with Crippen LogP contribution in [0.25, 0.3) is 10.8 Å². The summed E-state index contributed by atoms with van der Waals surface area (Å²) in [5, 5.41) is 2.21. The fourth-order valence-electron chi connectivity index (χ4n) is 2.12. The first-order valence-corrected chi connectivity index (χ1v) is 6.24. The molecule has 0 aliphatic rings. The first-order valence-electron chi connectivity index (χ1n) is 6.24. The molecule has 0 spiro atoms. The third-order valence-electron chi connectivity index (χ3n) is 3.11. The molecule has 1 atom stereocenters. The number of hydrogen-bond donors (Lipinski definition) is 1. The summed E-state index contributed by atoms with van der Waals surface area (Å²) < 4.78 is 36.3. The zero-order valence-electron chi connectivity index (χ0n) is 10.5. The van der Waals surface area contributed by atoms with Crippen LogP contribution < -0.4 is 5.73 Å². The zero-order chi connectivity index (χ0) is 13.9. The average molecular weight is 267 g/mol. The molecule has 4 heteroatoms. The predicted molar refractivity (Wildman–Crippen MR) is 70.9 cm³/mol. The monoisotopic (exact) mass is 267 g/mol. The molecule has 0 bridgehead atoms. The van der Waals surface area contributed by atoms with Crippen molar-refractivity contribution in [3.8, 4) is 0 Å². The number of nitrogens with two attached hydrogens (primary N) is 1. The van der Waals surface area contributed by atoms with Gasteiger partial charge in [-0.3, -0.25) is 0 Å². The minimum atomic E-state index is -4.12. The fourth-order valence-corrected chi connectivity index (χ4v) is 2.12. The summed E-state index contributed by atoms with van der Waals surface area (Å²) in [7, 11) is 0. The van der Waals surface area contributed by atoms with E-state index in [1.807, 2.05) is 42.5 Å². The van der Waals surface area contributed by atoms with E-state index in [1.165, 1.54) is 0 Å². The van der Waals surface area contributed by atoms with Crippen LogP contribution in [-0.4, -0.2) is 12.2 Å². The first kappa shape index (κ1) is 13.9. The summed E-state index contributed by atoms with van der Waals surface area (Å²) in [5.74, 6) is 0. The molecule has 0 aliphatic heterocycles. The van der Waals surface area contributed by atoms with Gasteiger partial charge in [0.05, 0.1) is 0 Å². The van der Waals surface area contributed by atoms with Gasteiger partial charge in [-0.15, -0.1) is 0 Å². The van der Waals surface area contributed by atoms with Gasteiger partial charge in [0.25, 0.3) is 0 Å². The van der Waals surface area contributed by atoms with Crippen molar-refractivity contribution in [2.45, 2.75) is 31.5 Å². The lowest BCUT2D eigenvalue weighted by Crippen LogP contribution is -2.25. The summed E-state index contributed by atoms with van der Waals surface area (Å²) in [5.41, 5.74) is 6.74. The van der Waals surface area contributed by atoms with E-state index in [1.54, 1.807) is 0 Å². The van der Waals surface area contributed by atoms with Crippen LogP contribution in [0.1, 0.15) is 18.4 Å². The summed E-state index contributed by atoms with van der Waals surface area (Å²) in [4.78, 5) is 0. The van der Waals surface area contributed by atoms with Crippen LogP contribution in [0, 0.1) is 0 Å². The largest absolute Gasteiger partial charge is 0.389 e. The molecule has 2 aromatic rings. The second-order valence-corrected chi connectivity index (χ2v) is 4.80. The number of benzene rings is 2. The van der Waals surface area contributed by atoms with E-state index >= 15 is 0 Å². The quantitative estimate of drug-likeness (QED) is 0.888. The van der Waals surface area contributed by atoms with Gasteiger partial charge in [-0.1, -0.05) is 42.5 Å². The highest BCUT2D eigenvalue weighted by atomic mass is 19.4. The van der Waals surface area contributed by atoms with Crippen LogP contribution in [0.3, 0.4) is 0 Å². The van der Waals surface area contributed by atoms with Gasteiger partial charge < -0.3 is 5.73 Å². The van der Waals surface area contributed by atoms with Crippen molar-refractivity contribution in [2.24, 2.45) is 5.73 Å². The third kappa shape index (κ3) is 4.24. The van der Waals surface area contributed by atoms with E-state index in [2.05, 4.69) is 0 Å². The van der Waals surface area contributed by atoms with Crippen LogP contribution in [0.2, 0.25) is 0 Å². The molecule has 0 fully saturated rings. The van der Waals surface area contributed by atoms with Crippen molar-refractivity contribution < 1.29 is 13.2 Å². The number of hydrogen-bond acceptors (Lipinski definition) is 1. The van der Waals surface area contributed by atoms with Crippen LogP contribution >= 0.6 is 0 Å². The SMILES string of the molecule is NC(CCC(F)(F)F)Cc1ccc2ccccc2c1. The Labute approximate surface area is 110 Å². The Balaban J connectivity index is 2.00. The molecule has 0 saturated carbocycles. The summed E-state index contributed by atoms with van der Waals surface area (Å²) in [6, 6.07) is 13.3. The Bertz CT molecular complexity index is 548. The van der Waals surface area contributed by atoms with Gasteiger partial charge in [-0.25, -0.2) is 0 Å². The Kier molecular flexibility index (Phi) is 4.10. The minimum Gasteiger partial charge on any atom is -0.327 e. The fraction of sp³-hybridized carbons (Fsp3) is 0.333. The van der Waals surface area contributed by atoms with Gasteiger partial charge in [0, 0.05) is 12.5 Å². The maximum absolute atomic E-state index is 12.1. The Morgan fingerprint density at radius 1 is 1.00 bits per heavy atom. The molecular formula is C15H16F3N. The molecule has 2 aromatic carbocycles. The highest BCUT2D eigenvalue weighted by Crippen LogP contribution is 2.23. The molecule has 0 aliphatic carbocycles. The normalized spacial score (nSPS) is 13.7. The van der Waals surface area contributed by atoms with Crippen LogP contribution in [0.4, 0.5) is 13.2 Å². The van der Waals surface area contributed by atoms with Crippen molar-refractivity contribution >= 4 is 10.8 Å². The molecule has 1 nitrogen and oxygen atoms in total. The smallest absolute Gasteiger partial charge is 0.327 e. The second-order valence-electron chi connectivity index (χ2n) is 4.80. The second kappa shape index (κ2) is 5.61. The van der Waals surface area contributed by atoms with Gasteiger partial charge in [0.2, 0.25) is 0 Å². The molecule has 1 unspecified atom stereocenters. The third-order valence-corrected chi connectivity index (χ3v) is 3.11. The lowest BCUT2D eigenvalue weighted by Gasteiger charge is -2.13. The van der Waals surface area contributed by atoms with Gasteiger partial charge in [0.15, 0.2) is 0 Å². The Morgan fingerprint density at radius 3 is 2.37 bits per heavy atom. The zero-order valence-corrected chi connectivity index (χ0v) is 10.5. The van der Waals surface area contributed by atoms with Crippen LogP contribution in [0.15, 0.2) is 42.5 Å². The number of halogens is 3. The van der Waals surface area contributed by atoms with Crippen molar-refractivity contribution in [1.29, 1.82) is 0 Å². The first-order chi connectivity index (χ1) is 8.94. The highest BCUT2D eigenvalue weighted by molar-refractivity contribution is 5.82. The van der Waals surface area contributed by atoms with Crippen molar-refractivity contribution in [1.82, 2.24) is 0 Å². The van der Waals surface area contributed by atoms with E-state index < -0.39 is 18.6 Å². The van der Waals surface area contributed by atoms with Crippen LogP contribution in [0.5, 0.6) is 0 Å². The average Bonchev–Trinajstić information content (AvgIpc) is 2.35. The lowest BCUT2D eigenvalue weighted by molar-refractivity contribution is -0.136. The highest BCUT2D eigenvalue weighted by Gasteiger charge is 2.27. The van der Waals surface area contributed by atoms with Crippen molar-refractivity contribution in [3.05, 3.63) is 48.0 Å². The van der Waals surface area contributed by atoms with Gasteiger partial charge >= 0.3 is 6.18 Å². The Morgan fingerprint density at radius 2 is 1.68 bits per heavy atom. The molecule has 0 amide bonds. The summed E-state index contributed by atoms with van der Waals surface area (Å²) >= 11 is 0. The van der Waals surface area contributed by atoms with E-state index in [0.29, 0.717) is 6.42 Å². The number of alkyl halides is 3. The number of fused-ring (bicyclic) bond motifs is 1. The van der Waals surface area contributed by atoms with Gasteiger partial charge in [0.1, 0.15) is 0 Å². The van der Waals surface area contributed by atoms with Gasteiger partial charge in [-0.05, 0) is 29.2 Å². The summed E-state index contributed by atoms with van der Waals surface area (Å²) in [6.45, 7) is 0. The molecule has 2 rings (SSSR count). The summed E-state index contributed by atoms with van der Waals surface area (Å²) in [6.07, 6.45) is -4.50. The minimum absolute atomic E-state index is 0.0314. The molecular weight excluding hydrogens is 251 g/mol. The molecule has 102 valence electrons. The lowest BCUT2D eigenvalue weighted by atomic mass is 9.99. The maximum Gasteiger partial charge on any atom is 0.389 e. The predicted octanol–water partition coefficient (Wildman–Crippen LogP) is 4.05. The van der Waals surface area contributed by atoms with E-state index in [0.717, 1.165) is 16.3 Å². The van der Waals surface area contributed by atoms with Gasteiger partial charge in [-0.2, -0.15) is 13.2 Å². The van der Waals surface area contributed by atoms with Crippen molar-refractivity contribution in [3.63, 3.8) is 0 Å². The van der Waals surface area contributed by atoms with E-state index in [-0.39, 0.29) is 6.42 Å². The maximum atomic E-state index is 12.1. The Hall–Kier alpha value is -1.55. The van der Waals surface area contributed by atoms with Crippen molar-refractivity contribution in [2.75, 3.05) is 0 Å². The molecule has 0 saturated heterocycles.